The first-order valence-corrected chi connectivity index (χ1v) is 11.8. The van der Waals surface area contributed by atoms with Gasteiger partial charge in [-0.2, -0.15) is 4.31 Å². The molecule has 2 heterocycles. The van der Waals surface area contributed by atoms with Gasteiger partial charge in [-0.1, -0.05) is 11.6 Å². The summed E-state index contributed by atoms with van der Waals surface area (Å²) in [5.74, 6) is 0.303. The Kier molecular flexibility index (Phi) is 7.18. The molecule has 1 aliphatic heterocycles. The number of sulfonamides is 1. The van der Waals surface area contributed by atoms with E-state index in [2.05, 4.69) is 5.32 Å². The van der Waals surface area contributed by atoms with Crippen LogP contribution < -0.4 is 10.1 Å². The summed E-state index contributed by atoms with van der Waals surface area (Å²) in [5, 5.41) is 3.39. The number of benzene rings is 1. The van der Waals surface area contributed by atoms with Gasteiger partial charge in [0.25, 0.3) is 15.9 Å². The lowest BCUT2D eigenvalue weighted by Gasteiger charge is -2.25. The van der Waals surface area contributed by atoms with Crippen molar-refractivity contribution >= 4 is 38.9 Å². The second-order valence-electron chi connectivity index (χ2n) is 6.62. The summed E-state index contributed by atoms with van der Waals surface area (Å²) in [4.78, 5) is 13.1. The number of thiophene rings is 1. The Hall–Kier alpha value is -1.65. The minimum atomic E-state index is -3.52. The van der Waals surface area contributed by atoms with Crippen molar-refractivity contribution in [2.75, 3.05) is 26.3 Å². The zero-order valence-corrected chi connectivity index (χ0v) is 18.6. The Morgan fingerprint density at radius 2 is 2.03 bits per heavy atom. The van der Waals surface area contributed by atoms with Crippen LogP contribution in [0.25, 0.3) is 0 Å². The fraction of sp³-hybridized carbons (Fsp3) is 0.421. The largest absolute Gasteiger partial charge is 0.481 e. The van der Waals surface area contributed by atoms with E-state index in [0.717, 1.165) is 21.8 Å². The first kappa shape index (κ1) is 22.0. The third kappa shape index (κ3) is 5.49. The van der Waals surface area contributed by atoms with E-state index in [9.17, 15) is 13.2 Å². The zero-order valence-electron chi connectivity index (χ0n) is 16.2. The molecule has 2 aromatic rings. The van der Waals surface area contributed by atoms with Gasteiger partial charge < -0.3 is 14.8 Å². The van der Waals surface area contributed by atoms with E-state index in [1.165, 1.54) is 4.31 Å². The molecule has 10 heteroatoms. The number of carbonyl (C=O) groups excluding carboxylic acids is 1. The molecule has 0 radical (unpaired) electrons. The lowest BCUT2D eigenvalue weighted by molar-refractivity contribution is -0.127. The van der Waals surface area contributed by atoms with Crippen LogP contribution in [0.1, 0.15) is 17.4 Å². The molecular formula is C19H23ClN2O5S2. The predicted molar refractivity (Wildman–Crippen MR) is 112 cm³/mol. The fourth-order valence-corrected chi connectivity index (χ4v) is 5.90. The topological polar surface area (TPSA) is 84.9 Å². The monoisotopic (exact) mass is 458 g/mol. The normalized spacial score (nSPS) is 16.4. The third-order valence-corrected chi connectivity index (χ3v) is 8.13. The molecule has 0 bridgehead atoms. The second-order valence-corrected chi connectivity index (χ2v) is 10.4. The number of aryl methyl sites for hydroxylation is 1. The number of hydrogen-bond donors (Lipinski definition) is 1. The average molecular weight is 459 g/mol. The third-order valence-electron chi connectivity index (χ3n) is 4.45. The molecule has 1 aromatic carbocycles. The van der Waals surface area contributed by atoms with Crippen molar-refractivity contribution in [2.45, 2.75) is 30.7 Å². The minimum Gasteiger partial charge on any atom is -0.481 e. The van der Waals surface area contributed by atoms with Gasteiger partial charge in [0.1, 0.15) is 9.96 Å². The Bertz CT molecular complexity index is 971. The smallest absolute Gasteiger partial charge is 0.261 e. The van der Waals surface area contributed by atoms with Gasteiger partial charge in [0.05, 0.1) is 19.8 Å². The Labute approximate surface area is 179 Å². The van der Waals surface area contributed by atoms with Crippen molar-refractivity contribution in [3.63, 3.8) is 0 Å². The van der Waals surface area contributed by atoms with Crippen LogP contribution >= 0.6 is 22.9 Å². The first-order valence-electron chi connectivity index (χ1n) is 9.14. The van der Waals surface area contributed by atoms with Crippen LogP contribution in [-0.4, -0.2) is 51.0 Å². The van der Waals surface area contributed by atoms with Crippen molar-refractivity contribution in [1.82, 2.24) is 9.62 Å². The highest BCUT2D eigenvalue weighted by atomic mass is 35.5. The highest BCUT2D eigenvalue weighted by molar-refractivity contribution is 7.91. The average Bonchev–Trinajstić information content (AvgIpc) is 3.19. The van der Waals surface area contributed by atoms with Gasteiger partial charge in [-0.3, -0.25) is 4.79 Å². The number of hydrogen-bond acceptors (Lipinski definition) is 6. The van der Waals surface area contributed by atoms with Crippen LogP contribution in [0.3, 0.4) is 0 Å². The van der Waals surface area contributed by atoms with Crippen LogP contribution in [0.4, 0.5) is 0 Å². The van der Waals surface area contributed by atoms with E-state index < -0.39 is 16.1 Å². The van der Waals surface area contributed by atoms with Gasteiger partial charge in [0.15, 0.2) is 6.10 Å². The molecule has 7 nitrogen and oxygen atoms in total. The summed E-state index contributed by atoms with van der Waals surface area (Å²) in [5.41, 5.74) is 0.841. The Balaban J connectivity index is 1.56. The van der Waals surface area contributed by atoms with E-state index in [4.69, 9.17) is 21.1 Å². The molecule has 1 unspecified atom stereocenters. The maximum absolute atomic E-state index is 12.7. The van der Waals surface area contributed by atoms with Crippen LogP contribution in [0.15, 0.2) is 34.5 Å². The SMILES string of the molecule is Cc1cc(Cl)ccc1OC(C)C(=O)NCc1ccc(S(=O)(=O)N2CCOCC2)s1. The summed E-state index contributed by atoms with van der Waals surface area (Å²) >= 11 is 7.09. The summed E-state index contributed by atoms with van der Waals surface area (Å²) < 4.78 is 38.0. The molecule has 29 heavy (non-hydrogen) atoms. The summed E-state index contributed by atoms with van der Waals surface area (Å²) in [7, 11) is -3.52. The van der Waals surface area contributed by atoms with Gasteiger partial charge in [-0.15, -0.1) is 11.3 Å². The predicted octanol–water partition coefficient (Wildman–Crippen LogP) is 2.81. The molecule has 1 aliphatic rings. The highest BCUT2D eigenvalue weighted by Gasteiger charge is 2.27. The van der Waals surface area contributed by atoms with E-state index >= 15 is 0 Å². The van der Waals surface area contributed by atoms with Crippen molar-refractivity contribution in [2.24, 2.45) is 0 Å². The van der Waals surface area contributed by atoms with Crippen LogP contribution in [0.2, 0.25) is 5.02 Å². The molecule has 1 N–H and O–H groups in total. The number of amides is 1. The van der Waals surface area contributed by atoms with E-state index in [0.29, 0.717) is 37.1 Å². The van der Waals surface area contributed by atoms with Crippen molar-refractivity contribution in [3.05, 3.63) is 45.8 Å². The minimum absolute atomic E-state index is 0.232. The van der Waals surface area contributed by atoms with Gasteiger partial charge in [-0.25, -0.2) is 8.42 Å². The fourth-order valence-electron chi connectivity index (χ4n) is 2.81. The zero-order chi connectivity index (χ0) is 21.0. The van der Waals surface area contributed by atoms with Gasteiger partial charge in [-0.05, 0) is 49.7 Å². The van der Waals surface area contributed by atoms with Crippen molar-refractivity contribution in [3.8, 4) is 5.75 Å². The lowest BCUT2D eigenvalue weighted by Crippen LogP contribution is -2.40. The molecule has 0 saturated carbocycles. The molecule has 1 amide bonds. The molecule has 0 spiro atoms. The first-order chi connectivity index (χ1) is 13.8. The number of morpholine rings is 1. The number of nitrogens with one attached hydrogen (secondary N) is 1. The maximum Gasteiger partial charge on any atom is 0.261 e. The quantitative estimate of drug-likeness (QED) is 0.689. The standard InChI is InChI=1S/C19H23ClN2O5S2/c1-13-11-15(20)3-5-17(13)27-14(2)19(23)21-12-16-4-6-18(28-16)29(24,25)22-7-9-26-10-8-22/h3-6,11,14H,7-10,12H2,1-2H3,(H,21,23). The highest BCUT2D eigenvalue weighted by Crippen LogP contribution is 2.26. The summed E-state index contributed by atoms with van der Waals surface area (Å²) in [6, 6.07) is 8.49. The van der Waals surface area contributed by atoms with Crippen molar-refractivity contribution in [1.29, 1.82) is 0 Å². The molecule has 1 fully saturated rings. The van der Waals surface area contributed by atoms with Crippen molar-refractivity contribution < 1.29 is 22.7 Å². The number of rotatable bonds is 7. The molecular weight excluding hydrogens is 436 g/mol. The number of nitrogens with zero attached hydrogens (tertiary/aromatic N) is 1. The Morgan fingerprint density at radius 3 is 2.72 bits per heavy atom. The second kappa shape index (κ2) is 9.44. The Morgan fingerprint density at radius 1 is 1.31 bits per heavy atom. The molecule has 1 saturated heterocycles. The lowest BCUT2D eigenvalue weighted by atomic mass is 10.2. The number of ether oxygens (including phenoxy) is 2. The molecule has 1 atom stereocenters. The van der Waals surface area contributed by atoms with Crippen LogP contribution in [0.5, 0.6) is 5.75 Å². The number of halogens is 1. The van der Waals surface area contributed by atoms with Gasteiger partial charge in [0.2, 0.25) is 0 Å². The van der Waals surface area contributed by atoms with Gasteiger partial charge in [0, 0.05) is 23.0 Å². The summed E-state index contributed by atoms with van der Waals surface area (Å²) in [6.07, 6.45) is -0.702. The molecule has 158 valence electrons. The molecule has 3 rings (SSSR count). The molecule has 1 aromatic heterocycles. The summed E-state index contributed by atoms with van der Waals surface area (Å²) in [6.45, 7) is 5.25. The van der Waals surface area contributed by atoms with E-state index in [-0.39, 0.29) is 16.7 Å². The van der Waals surface area contributed by atoms with Crippen LogP contribution in [0, 0.1) is 6.92 Å². The molecule has 0 aliphatic carbocycles. The maximum atomic E-state index is 12.7. The van der Waals surface area contributed by atoms with E-state index in [1.807, 2.05) is 6.92 Å². The van der Waals surface area contributed by atoms with Gasteiger partial charge >= 0.3 is 0 Å². The van der Waals surface area contributed by atoms with E-state index in [1.54, 1.807) is 37.3 Å². The number of carbonyl (C=O) groups is 1. The van der Waals surface area contributed by atoms with Crippen LogP contribution in [-0.2, 0) is 26.1 Å².